The van der Waals surface area contributed by atoms with Crippen LogP contribution in [0.3, 0.4) is 0 Å². The average molecular weight is 251 g/mol. The van der Waals surface area contributed by atoms with Gasteiger partial charge in [-0.3, -0.25) is 9.58 Å². The highest BCUT2D eigenvalue weighted by Crippen LogP contribution is 2.18. The second-order valence-electron chi connectivity index (χ2n) is 5.35. The van der Waals surface area contributed by atoms with Gasteiger partial charge in [0.2, 0.25) is 0 Å². The molecule has 1 heterocycles. The van der Waals surface area contributed by atoms with Gasteiger partial charge in [-0.25, -0.2) is 0 Å². The summed E-state index contributed by atoms with van der Waals surface area (Å²) in [5.74, 6) is 0. The van der Waals surface area contributed by atoms with E-state index in [1.165, 1.54) is 12.8 Å². The van der Waals surface area contributed by atoms with Gasteiger partial charge in [0, 0.05) is 31.4 Å². The van der Waals surface area contributed by atoms with Gasteiger partial charge in [-0.15, -0.1) is 5.10 Å². The van der Waals surface area contributed by atoms with Crippen LogP contribution in [-0.4, -0.2) is 45.1 Å². The zero-order valence-corrected chi connectivity index (χ0v) is 11.8. The lowest BCUT2D eigenvalue weighted by Gasteiger charge is -2.24. The molecule has 0 spiro atoms. The van der Waals surface area contributed by atoms with Gasteiger partial charge in [0.15, 0.2) is 0 Å². The molecule has 18 heavy (non-hydrogen) atoms. The van der Waals surface area contributed by atoms with E-state index in [4.69, 9.17) is 0 Å². The minimum Gasteiger partial charge on any atom is -0.308 e. The van der Waals surface area contributed by atoms with Gasteiger partial charge in [0.05, 0.1) is 12.2 Å². The fourth-order valence-electron chi connectivity index (χ4n) is 2.08. The van der Waals surface area contributed by atoms with Crippen molar-refractivity contribution in [3.05, 3.63) is 11.9 Å². The van der Waals surface area contributed by atoms with E-state index in [-0.39, 0.29) is 0 Å². The second kappa shape index (κ2) is 6.29. The summed E-state index contributed by atoms with van der Waals surface area (Å²) in [5.41, 5.74) is 1.05. The highest BCUT2D eigenvalue weighted by Gasteiger charge is 2.20. The van der Waals surface area contributed by atoms with E-state index in [2.05, 4.69) is 47.5 Å². The Bertz CT molecular complexity index is 356. The molecule has 1 aliphatic rings. The van der Waals surface area contributed by atoms with E-state index >= 15 is 0 Å². The Kier molecular flexibility index (Phi) is 4.72. The lowest BCUT2D eigenvalue weighted by molar-refractivity contribution is 0.220. The van der Waals surface area contributed by atoms with E-state index in [0.717, 1.165) is 37.9 Å². The predicted molar refractivity (Wildman–Crippen MR) is 72.3 cm³/mol. The largest absolute Gasteiger partial charge is 0.308 e. The van der Waals surface area contributed by atoms with Crippen LogP contribution in [-0.2, 0) is 13.1 Å². The van der Waals surface area contributed by atoms with Crippen LogP contribution in [0.4, 0.5) is 0 Å². The van der Waals surface area contributed by atoms with E-state index < -0.39 is 0 Å². The first-order chi connectivity index (χ1) is 8.69. The van der Waals surface area contributed by atoms with Crippen LogP contribution in [0.15, 0.2) is 6.20 Å². The summed E-state index contributed by atoms with van der Waals surface area (Å²) in [4.78, 5) is 2.43. The molecular formula is C13H25N5. The number of nitrogens with one attached hydrogen (secondary N) is 1. The molecule has 0 saturated heterocycles. The van der Waals surface area contributed by atoms with E-state index in [1.807, 2.05) is 4.68 Å². The van der Waals surface area contributed by atoms with Gasteiger partial charge in [0.1, 0.15) is 0 Å². The summed E-state index contributed by atoms with van der Waals surface area (Å²) < 4.78 is 1.95. The highest BCUT2D eigenvalue weighted by molar-refractivity contribution is 4.94. The normalized spacial score (nSPS) is 15.8. The van der Waals surface area contributed by atoms with Crippen LogP contribution in [0.25, 0.3) is 0 Å². The second-order valence-corrected chi connectivity index (χ2v) is 5.35. The molecule has 1 aliphatic carbocycles. The molecule has 0 unspecified atom stereocenters. The zero-order valence-electron chi connectivity index (χ0n) is 11.8. The smallest absolute Gasteiger partial charge is 0.0964 e. The first kappa shape index (κ1) is 13.5. The molecule has 5 heteroatoms. The molecule has 0 aliphatic heterocycles. The van der Waals surface area contributed by atoms with Crippen molar-refractivity contribution >= 4 is 0 Å². The Hall–Kier alpha value is -0.940. The van der Waals surface area contributed by atoms with Gasteiger partial charge in [-0.2, -0.15) is 0 Å². The number of rotatable bonds is 8. The molecular weight excluding hydrogens is 226 g/mol. The van der Waals surface area contributed by atoms with E-state index in [1.54, 1.807) is 0 Å². The van der Waals surface area contributed by atoms with Crippen molar-refractivity contribution in [3.63, 3.8) is 0 Å². The van der Waals surface area contributed by atoms with Crippen LogP contribution in [0, 0.1) is 0 Å². The Labute approximate surface area is 110 Å². The quantitative estimate of drug-likeness (QED) is 0.755. The Morgan fingerprint density at radius 2 is 2.28 bits per heavy atom. The number of nitrogens with zero attached hydrogens (tertiary/aromatic N) is 4. The third kappa shape index (κ3) is 4.07. The van der Waals surface area contributed by atoms with Crippen LogP contribution < -0.4 is 5.32 Å². The summed E-state index contributed by atoms with van der Waals surface area (Å²) >= 11 is 0. The van der Waals surface area contributed by atoms with Crippen LogP contribution in [0.1, 0.15) is 39.3 Å². The molecule has 102 valence electrons. The molecule has 0 radical (unpaired) electrons. The molecule has 1 N–H and O–H groups in total. The van der Waals surface area contributed by atoms with Crippen molar-refractivity contribution in [2.75, 3.05) is 13.1 Å². The van der Waals surface area contributed by atoms with E-state index in [9.17, 15) is 0 Å². The zero-order chi connectivity index (χ0) is 13.0. The van der Waals surface area contributed by atoms with Crippen LogP contribution in [0.5, 0.6) is 0 Å². The number of aromatic nitrogens is 3. The van der Waals surface area contributed by atoms with Gasteiger partial charge in [-0.05, 0) is 33.2 Å². The maximum atomic E-state index is 4.20. The predicted octanol–water partition coefficient (Wildman–Crippen LogP) is 1.26. The minimum atomic E-state index is 0.592. The molecule has 1 aromatic heterocycles. The topological polar surface area (TPSA) is 46.0 Å². The van der Waals surface area contributed by atoms with Crippen molar-refractivity contribution in [1.29, 1.82) is 0 Å². The fourth-order valence-corrected chi connectivity index (χ4v) is 2.08. The van der Waals surface area contributed by atoms with Crippen LogP contribution >= 0.6 is 0 Å². The molecule has 2 rings (SSSR count). The fraction of sp³-hybridized carbons (Fsp3) is 0.846. The van der Waals surface area contributed by atoms with Crippen LogP contribution in [0.2, 0.25) is 0 Å². The molecule has 1 saturated carbocycles. The average Bonchev–Trinajstić information content (AvgIpc) is 3.07. The summed E-state index contributed by atoms with van der Waals surface area (Å²) in [5, 5.41) is 11.8. The highest BCUT2D eigenvalue weighted by atomic mass is 15.4. The van der Waals surface area contributed by atoms with Crippen molar-refractivity contribution in [2.24, 2.45) is 0 Å². The Morgan fingerprint density at radius 3 is 2.89 bits per heavy atom. The summed E-state index contributed by atoms with van der Waals surface area (Å²) in [7, 11) is 0. The number of hydrogen-bond acceptors (Lipinski definition) is 4. The van der Waals surface area contributed by atoms with Crippen molar-refractivity contribution in [2.45, 2.75) is 58.8 Å². The summed E-state index contributed by atoms with van der Waals surface area (Å²) in [6, 6.07) is 1.32. The minimum absolute atomic E-state index is 0.592. The molecule has 5 nitrogen and oxygen atoms in total. The van der Waals surface area contributed by atoms with Crippen molar-refractivity contribution in [1.82, 2.24) is 25.2 Å². The number of hydrogen-bond donors (Lipinski definition) is 1. The Morgan fingerprint density at radius 1 is 1.50 bits per heavy atom. The molecule has 0 atom stereocenters. The van der Waals surface area contributed by atoms with Gasteiger partial charge in [-0.1, -0.05) is 12.1 Å². The maximum absolute atomic E-state index is 4.20. The standard InChI is InChI=1S/C13H25N5/c1-4-17(11(2)3)7-8-18-10-13(15-16-18)9-14-12-5-6-12/h10-12,14H,4-9H2,1-3H3. The van der Waals surface area contributed by atoms with Gasteiger partial charge < -0.3 is 5.32 Å². The van der Waals surface area contributed by atoms with E-state index in [0.29, 0.717) is 6.04 Å². The molecule has 0 bridgehead atoms. The molecule has 1 aromatic rings. The van der Waals surface area contributed by atoms with Crippen molar-refractivity contribution in [3.8, 4) is 0 Å². The SMILES string of the molecule is CCN(CCn1cc(CNC2CC2)nn1)C(C)C. The monoisotopic (exact) mass is 251 g/mol. The molecule has 0 amide bonds. The third-order valence-corrected chi connectivity index (χ3v) is 3.49. The maximum Gasteiger partial charge on any atom is 0.0964 e. The summed E-state index contributed by atoms with van der Waals surface area (Å²) in [6.45, 7) is 10.6. The van der Waals surface area contributed by atoms with Gasteiger partial charge >= 0.3 is 0 Å². The third-order valence-electron chi connectivity index (χ3n) is 3.49. The molecule has 1 fully saturated rings. The number of likely N-dealkylation sites (N-methyl/N-ethyl adjacent to an activating group) is 1. The lowest BCUT2D eigenvalue weighted by atomic mass is 10.3. The van der Waals surface area contributed by atoms with Gasteiger partial charge in [0.25, 0.3) is 0 Å². The first-order valence-corrected chi connectivity index (χ1v) is 7.05. The summed E-state index contributed by atoms with van der Waals surface area (Å²) in [6.07, 6.45) is 4.69. The lowest BCUT2D eigenvalue weighted by Crippen LogP contribution is -2.33. The first-order valence-electron chi connectivity index (χ1n) is 7.05. The van der Waals surface area contributed by atoms with Crippen molar-refractivity contribution < 1.29 is 0 Å². The Balaban J connectivity index is 1.74. The molecule has 0 aromatic carbocycles.